The molecule has 2 amide bonds. The molecule has 0 saturated carbocycles. The topological polar surface area (TPSA) is 144 Å². The van der Waals surface area contributed by atoms with E-state index in [1.165, 1.54) is 14.2 Å². The van der Waals surface area contributed by atoms with Crippen molar-refractivity contribution in [1.82, 2.24) is 5.32 Å². The van der Waals surface area contributed by atoms with Gasteiger partial charge in [0.15, 0.2) is 0 Å². The van der Waals surface area contributed by atoms with Crippen LogP contribution >= 0.6 is 0 Å². The van der Waals surface area contributed by atoms with Crippen molar-refractivity contribution in [3.63, 3.8) is 0 Å². The number of amidine groups is 1. The number of nitrogen functional groups attached to an aromatic ring is 1. The van der Waals surface area contributed by atoms with Crippen LogP contribution in [0.15, 0.2) is 54.6 Å². The second-order valence-electron chi connectivity index (χ2n) is 8.72. The second-order valence-corrected chi connectivity index (χ2v) is 8.72. The molecule has 0 spiro atoms. The van der Waals surface area contributed by atoms with E-state index in [4.69, 9.17) is 26.4 Å². The van der Waals surface area contributed by atoms with Crippen molar-refractivity contribution in [1.29, 1.82) is 5.41 Å². The van der Waals surface area contributed by atoms with Crippen molar-refractivity contribution in [2.45, 2.75) is 26.4 Å². The van der Waals surface area contributed by atoms with Crippen molar-refractivity contribution < 1.29 is 19.1 Å². The van der Waals surface area contributed by atoms with Gasteiger partial charge in [0.05, 0.1) is 14.2 Å². The quantitative estimate of drug-likeness (QED) is 0.247. The lowest BCUT2D eigenvalue weighted by Gasteiger charge is -2.31. The molecule has 0 aliphatic heterocycles. The Bertz CT molecular complexity index is 1310. The summed E-state index contributed by atoms with van der Waals surface area (Å²) in [6, 6.07) is 15.2. The molecule has 194 valence electrons. The summed E-state index contributed by atoms with van der Waals surface area (Å²) in [5, 5.41) is 10.8. The summed E-state index contributed by atoms with van der Waals surface area (Å²) >= 11 is 0. The van der Waals surface area contributed by atoms with Crippen molar-refractivity contribution in [3.8, 4) is 11.5 Å². The van der Waals surface area contributed by atoms with Gasteiger partial charge in [-0.15, -0.1) is 0 Å². The number of methoxy groups -OCH3 is 2. The maximum atomic E-state index is 13.1. The van der Waals surface area contributed by atoms with E-state index in [2.05, 4.69) is 5.32 Å². The Kier molecular flexibility index (Phi) is 8.39. The fourth-order valence-corrected chi connectivity index (χ4v) is 4.29. The number of nitrogens with two attached hydrogens (primary N) is 2. The van der Waals surface area contributed by atoms with Gasteiger partial charge in [0.1, 0.15) is 23.4 Å². The number of nitrogens with zero attached hydrogens (tertiary/aromatic N) is 1. The third-order valence-electron chi connectivity index (χ3n) is 6.37. The maximum absolute atomic E-state index is 13.1. The van der Waals surface area contributed by atoms with Gasteiger partial charge in [-0.05, 0) is 48.7 Å². The largest absolute Gasteiger partial charge is 0.496 e. The van der Waals surface area contributed by atoms with E-state index in [9.17, 15) is 9.59 Å². The van der Waals surface area contributed by atoms with Gasteiger partial charge >= 0.3 is 0 Å². The first-order chi connectivity index (χ1) is 17.6. The average Bonchev–Trinajstić information content (AvgIpc) is 2.88. The van der Waals surface area contributed by atoms with Gasteiger partial charge in [-0.2, -0.15) is 0 Å². The van der Waals surface area contributed by atoms with Gasteiger partial charge in [0, 0.05) is 36.0 Å². The van der Waals surface area contributed by atoms with Crippen LogP contribution < -0.4 is 31.2 Å². The number of rotatable bonds is 10. The van der Waals surface area contributed by atoms with Crippen molar-refractivity contribution in [2.24, 2.45) is 11.5 Å². The number of aryl methyl sites for hydroxylation is 1. The number of carbonyl (C=O) groups excluding carboxylic acids is 2. The number of hydrogen-bond acceptors (Lipinski definition) is 6. The number of benzene rings is 3. The molecule has 0 radical (unpaired) electrons. The van der Waals surface area contributed by atoms with Crippen LogP contribution in [-0.2, 0) is 11.3 Å². The van der Waals surface area contributed by atoms with Gasteiger partial charge in [0.2, 0.25) is 5.91 Å². The number of amides is 2. The van der Waals surface area contributed by atoms with Crippen LogP contribution in [0.2, 0.25) is 0 Å². The summed E-state index contributed by atoms with van der Waals surface area (Å²) in [7, 11) is 4.82. The van der Waals surface area contributed by atoms with Crippen molar-refractivity contribution >= 4 is 23.3 Å². The fourth-order valence-electron chi connectivity index (χ4n) is 4.29. The fraction of sp³-hybridized carbons (Fsp3) is 0.250. The van der Waals surface area contributed by atoms with E-state index in [1.54, 1.807) is 42.3 Å². The maximum Gasteiger partial charge on any atom is 0.251 e. The zero-order chi connectivity index (χ0) is 27.3. The van der Waals surface area contributed by atoms with Gasteiger partial charge in [-0.3, -0.25) is 15.0 Å². The third-order valence-corrected chi connectivity index (χ3v) is 6.37. The summed E-state index contributed by atoms with van der Waals surface area (Å²) in [6.07, 6.45) is 0. The van der Waals surface area contributed by atoms with E-state index >= 15 is 0 Å². The van der Waals surface area contributed by atoms with E-state index in [0.717, 1.165) is 16.7 Å². The highest BCUT2D eigenvalue weighted by Crippen LogP contribution is 2.32. The van der Waals surface area contributed by atoms with Crippen molar-refractivity contribution in [2.75, 3.05) is 26.2 Å². The summed E-state index contributed by atoms with van der Waals surface area (Å²) in [5.74, 6) is 0.109. The molecule has 0 aliphatic carbocycles. The molecule has 0 heterocycles. The molecule has 0 saturated heterocycles. The highest BCUT2D eigenvalue weighted by Gasteiger charge is 2.27. The molecule has 37 heavy (non-hydrogen) atoms. The Labute approximate surface area is 216 Å². The smallest absolute Gasteiger partial charge is 0.251 e. The van der Waals surface area contributed by atoms with Gasteiger partial charge < -0.3 is 31.2 Å². The summed E-state index contributed by atoms with van der Waals surface area (Å²) in [6.45, 7) is 3.91. The molecule has 0 bridgehead atoms. The lowest BCUT2D eigenvalue weighted by Crippen LogP contribution is -2.37. The summed E-state index contributed by atoms with van der Waals surface area (Å²) in [5.41, 5.74) is 16.3. The van der Waals surface area contributed by atoms with Gasteiger partial charge in [-0.25, -0.2) is 0 Å². The van der Waals surface area contributed by atoms with Crippen LogP contribution in [0, 0.1) is 19.3 Å². The van der Waals surface area contributed by atoms with Gasteiger partial charge in [0.25, 0.3) is 5.91 Å². The average molecular weight is 504 g/mol. The molecule has 3 aromatic rings. The molecular formula is C28H33N5O4. The number of likely N-dealkylation sites (N-methyl/N-ethyl adjacent to an activating group) is 1. The Balaban J connectivity index is 1.98. The summed E-state index contributed by atoms with van der Waals surface area (Å²) in [4.78, 5) is 27.4. The highest BCUT2D eigenvalue weighted by atomic mass is 16.5. The van der Waals surface area contributed by atoms with Crippen LogP contribution in [0.3, 0.4) is 0 Å². The second kappa shape index (κ2) is 11.5. The first-order valence-electron chi connectivity index (χ1n) is 11.6. The van der Waals surface area contributed by atoms with E-state index in [1.807, 2.05) is 38.1 Å². The number of nitrogens with one attached hydrogen (secondary N) is 2. The van der Waals surface area contributed by atoms with Crippen LogP contribution in [0.5, 0.6) is 11.5 Å². The molecule has 1 unspecified atom stereocenters. The van der Waals surface area contributed by atoms with E-state index in [-0.39, 0.29) is 18.3 Å². The van der Waals surface area contributed by atoms with Crippen LogP contribution in [0.4, 0.5) is 5.69 Å². The predicted molar refractivity (Wildman–Crippen MR) is 144 cm³/mol. The first kappa shape index (κ1) is 27.1. The van der Waals surface area contributed by atoms with Crippen LogP contribution in [-0.4, -0.2) is 38.9 Å². The first-order valence-corrected chi connectivity index (χ1v) is 11.6. The number of hydrogen-bond donors (Lipinski definition) is 4. The molecular weight excluding hydrogens is 470 g/mol. The molecule has 1 atom stereocenters. The zero-order valence-electron chi connectivity index (χ0n) is 21.7. The summed E-state index contributed by atoms with van der Waals surface area (Å²) < 4.78 is 10.8. The minimum Gasteiger partial charge on any atom is -0.496 e. The standard InChI is InChI=1S/C28H33N5O4/c1-16-8-6-7-9-21(16)25(27(31)34)33(3)22-12-18(26(29)30)10-11-19(22)15-32-28(35)20-13-23(36-4)17(2)24(14-20)37-5/h6-14,25H,15H2,1-5H3,(H3,29,30)(H2,31,34)(H,32,35). The van der Waals surface area contributed by atoms with Gasteiger partial charge in [-0.1, -0.05) is 36.4 Å². The van der Waals surface area contributed by atoms with Crippen molar-refractivity contribution in [3.05, 3.63) is 88.0 Å². The SMILES string of the molecule is COc1cc(C(=O)NCc2ccc(C(=N)N)cc2N(C)C(C(N)=O)c2ccccc2C)cc(OC)c1C. The van der Waals surface area contributed by atoms with Crippen LogP contribution in [0.25, 0.3) is 0 Å². The predicted octanol–water partition coefficient (Wildman–Crippen LogP) is 3.20. The Morgan fingerprint density at radius 1 is 0.973 bits per heavy atom. The highest BCUT2D eigenvalue weighted by molar-refractivity contribution is 5.97. The molecule has 6 N–H and O–H groups in total. The number of anilines is 1. The zero-order valence-corrected chi connectivity index (χ0v) is 21.7. The lowest BCUT2D eigenvalue weighted by molar-refractivity contribution is -0.119. The normalized spacial score (nSPS) is 11.4. The monoisotopic (exact) mass is 503 g/mol. The number of primary amides is 1. The number of carbonyl (C=O) groups is 2. The molecule has 0 aromatic heterocycles. The van der Waals surface area contributed by atoms with E-state index in [0.29, 0.717) is 33.9 Å². The Morgan fingerprint density at radius 2 is 1.59 bits per heavy atom. The molecule has 0 aliphatic rings. The minimum atomic E-state index is -0.775. The molecule has 3 aromatic carbocycles. The minimum absolute atomic E-state index is 0.115. The molecule has 0 fully saturated rings. The molecule has 9 heteroatoms. The number of ether oxygens (including phenoxy) is 2. The Morgan fingerprint density at radius 3 is 2.14 bits per heavy atom. The van der Waals surface area contributed by atoms with E-state index < -0.39 is 11.9 Å². The molecule has 9 nitrogen and oxygen atoms in total. The lowest BCUT2D eigenvalue weighted by atomic mass is 9.98. The van der Waals surface area contributed by atoms with Crippen LogP contribution in [0.1, 0.15) is 44.2 Å². The molecule has 3 rings (SSSR count). The third kappa shape index (κ3) is 5.83. The Hall–Kier alpha value is -4.53.